The van der Waals surface area contributed by atoms with Crippen molar-refractivity contribution in [1.82, 2.24) is 5.32 Å². The van der Waals surface area contributed by atoms with Gasteiger partial charge in [-0.3, -0.25) is 0 Å². The number of aliphatic imine (C=N–C) groups is 1. The van der Waals surface area contributed by atoms with E-state index in [1.165, 1.54) is 11.1 Å². The summed E-state index contributed by atoms with van der Waals surface area (Å²) >= 11 is 0. The quantitative estimate of drug-likeness (QED) is 0.636. The maximum absolute atomic E-state index is 5.90. The molecule has 0 spiro atoms. The average molecular weight is 455 g/mol. The molecule has 1 heterocycles. The number of hydrogen-bond acceptors (Lipinski definition) is 4. The molecule has 2 aromatic rings. The van der Waals surface area contributed by atoms with Gasteiger partial charge in [0.05, 0.1) is 0 Å². The molecule has 2 unspecified atom stereocenters. The van der Waals surface area contributed by atoms with Crippen molar-refractivity contribution in [1.29, 1.82) is 0 Å². The Kier molecular flexibility index (Phi) is 13.6. The molecule has 3 rings (SSSR count). The van der Waals surface area contributed by atoms with Gasteiger partial charge in [-0.05, 0) is 36.6 Å². The predicted octanol–water partition coefficient (Wildman–Crippen LogP) is 5.38. The van der Waals surface area contributed by atoms with Crippen LogP contribution in [0.4, 0.5) is 5.69 Å². The van der Waals surface area contributed by atoms with E-state index in [9.17, 15) is 0 Å². The lowest BCUT2D eigenvalue weighted by Crippen LogP contribution is -2.33. The summed E-state index contributed by atoms with van der Waals surface area (Å²) in [5, 5.41) is 3.61. The number of nitrogens with one attached hydrogen (secondary N) is 1. The van der Waals surface area contributed by atoms with E-state index >= 15 is 0 Å². The normalized spacial score (nSPS) is 15.2. The van der Waals surface area contributed by atoms with Gasteiger partial charge < -0.3 is 15.8 Å². The number of nitrogens with two attached hydrogens (primary N) is 1. The summed E-state index contributed by atoms with van der Waals surface area (Å²) in [5.41, 5.74) is 9.20. The molecular weight excluding hydrogens is 428 g/mol. The van der Waals surface area contributed by atoms with Crippen molar-refractivity contribution in [3.63, 3.8) is 0 Å². The Balaban J connectivity index is 0. The number of fused-ring (bicyclic) bond motifs is 1. The predicted molar refractivity (Wildman–Crippen MR) is 123 cm³/mol. The van der Waals surface area contributed by atoms with E-state index < -0.39 is 0 Å². The molecular formula is C19H27Cl4N3O. The van der Waals surface area contributed by atoms with Gasteiger partial charge in [0.1, 0.15) is 17.3 Å². The molecule has 0 aliphatic carbocycles. The van der Waals surface area contributed by atoms with Crippen LogP contribution in [-0.2, 0) is 6.54 Å². The molecule has 0 saturated carbocycles. The molecule has 0 radical (unpaired) electrons. The van der Waals surface area contributed by atoms with Crippen molar-refractivity contribution in [2.45, 2.75) is 39.0 Å². The third-order valence-corrected chi connectivity index (χ3v) is 4.16. The Morgan fingerprint density at radius 1 is 1.07 bits per heavy atom. The van der Waals surface area contributed by atoms with Crippen molar-refractivity contribution in [2.24, 2.45) is 10.7 Å². The summed E-state index contributed by atoms with van der Waals surface area (Å²) in [6, 6.07) is 16.9. The minimum absolute atomic E-state index is 0. The lowest BCUT2D eigenvalue weighted by molar-refractivity contribution is 0.281. The highest BCUT2D eigenvalue weighted by molar-refractivity contribution is 5.89. The Labute approximate surface area is 186 Å². The van der Waals surface area contributed by atoms with Gasteiger partial charge in [0.25, 0.3) is 0 Å². The van der Waals surface area contributed by atoms with Crippen molar-refractivity contribution >= 4 is 61.2 Å². The summed E-state index contributed by atoms with van der Waals surface area (Å²) in [7, 11) is 0. The number of ether oxygens (including phenoxy) is 1. The Hall–Kier alpha value is -1.17. The molecule has 1 aliphatic rings. The van der Waals surface area contributed by atoms with Crippen LogP contribution in [0, 0.1) is 0 Å². The molecule has 2 atom stereocenters. The molecule has 4 nitrogen and oxygen atoms in total. The van der Waals surface area contributed by atoms with Gasteiger partial charge in [-0.2, -0.15) is 0 Å². The van der Waals surface area contributed by atoms with E-state index in [0.717, 1.165) is 24.4 Å². The van der Waals surface area contributed by atoms with Crippen LogP contribution >= 0.6 is 49.6 Å². The number of halogens is 4. The molecule has 8 heteroatoms. The van der Waals surface area contributed by atoms with Crippen molar-refractivity contribution in [3.05, 3.63) is 59.7 Å². The number of amidine groups is 1. The average Bonchev–Trinajstić information content (AvgIpc) is 2.57. The Bertz CT molecular complexity index is 713. The largest absolute Gasteiger partial charge is 0.481 e. The molecule has 0 fully saturated rings. The van der Waals surface area contributed by atoms with Crippen molar-refractivity contribution in [3.8, 4) is 5.75 Å². The fourth-order valence-electron chi connectivity index (χ4n) is 2.75. The lowest BCUT2D eigenvalue weighted by Gasteiger charge is -2.23. The summed E-state index contributed by atoms with van der Waals surface area (Å²) in [4.78, 5) is 4.46. The number of nitrogens with zero attached hydrogens (tertiary/aromatic N) is 1. The SMILES string of the molecule is CCC(NCc1ccccc1)c1ccc2c(c1)N=C(N)C(C)O2.Cl.Cl.Cl.Cl. The summed E-state index contributed by atoms with van der Waals surface area (Å²) in [6.07, 6.45) is 0.841. The third kappa shape index (κ3) is 7.05. The van der Waals surface area contributed by atoms with Gasteiger partial charge in [0.2, 0.25) is 0 Å². The van der Waals surface area contributed by atoms with Gasteiger partial charge in [-0.15, -0.1) is 49.6 Å². The zero-order valence-corrected chi connectivity index (χ0v) is 18.5. The Morgan fingerprint density at radius 3 is 2.37 bits per heavy atom. The molecule has 0 bridgehead atoms. The van der Waals surface area contributed by atoms with Crippen LogP contribution in [-0.4, -0.2) is 11.9 Å². The topological polar surface area (TPSA) is 59.6 Å². The highest BCUT2D eigenvalue weighted by Crippen LogP contribution is 2.34. The van der Waals surface area contributed by atoms with Crippen molar-refractivity contribution in [2.75, 3.05) is 0 Å². The van der Waals surface area contributed by atoms with Crippen LogP contribution in [0.2, 0.25) is 0 Å². The molecule has 1 aliphatic heterocycles. The number of hydrogen-bond donors (Lipinski definition) is 2. The summed E-state index contributed by atoms with van der Waals surface area (Å²) in [6.45, 7) is 4.93. The van der Waals surface area contributed by atoms with E-state index in [1.54, 1.807) is 0 Å². The molecule has 0 amide bonds. The standard InChI is InChI=1S/C19H23N3O.4ClH/c1-3-16(21-12-14-7-5-4-6-8-14)15-9-10-18-17(11-15)22-19(20)13(2)23-18;;;;/h4-11,13,16,21H,3,12H2,1-2H3,(H2,20,22);4*1H. The number of rotatable bonds is 5. The van der Waals surface area contributed by atoms with Crippen LogP contribution in [0.25, 0.3) is 0 Å². The maximum atomic E-state index is 5.90. The maximum Gasteiger partial charge on any atom is 0.153 e. The van der Waals surface area contributed by atoms with Gasteiger partial charge >= 0.3 is 0 Å². The second-order valence-corrected chi connectivity index (χ2v) is 5.85. The van der Waals surface area contributed by atoms with Crippen LogP contribution in [0.5, 0.6) is 5.75 Å². The first kappa shape index (κ1) is 28.0. The fourth-order valence-corrected chi connectivity index (χ4v) is 2.75. The van der Waals surface area contributed by atoms with Gasteiger partial charge in [0, 0.05) is 12.6 Å². The fraction of sp³-hybridized carbons (Fsp3) is 0.316. The van der Waals surface area contributed by atoms with E-state index in [-0.39, 0.29) is 61.8 Å². The summed E-state index contributed by atoms with van der Waals surface area (Å²) in [5.74, 6) is 1.33. The monoisotopic (exact) mass is 453 g/mol. The summed E-state index contributed by atoms with van der Waals surface area (Å²) < 4.78 is 5.77. The Morgan fingerprint density at radius 2 is 1.74 bits per heavy atom. The van der Waals surface area contributed by atoms with Gasteiger partial charge in [-0.1, -0.05) is 43.3 Å². The van der Waals surface area contributed by atoms with Crippen LogP contribution in [0.3, 0.4) is 0 Å². The van der Waals surface area contributed by atoms with Crippen molar-refractivity contribution < 1.29 is 4.74 Å². The molecule has 27 heavy (non-hydrogen) atoms. The second-order valence-electron chi connectivity index (χ2n) is 5.85. The zero-order chi connectivity index (χ0) is 16.2. The molecule has 152 valence electrons. The van der Waals surface area contributed by atoms with Crippen LogP contribution in [0.15, 0.2) is 53.5 Å². The van der Waals surface area contributed by atoms with Crippen LogP contribution < -0.4 is 15.8 Å². The first-order valence-corrected chi connectivity index (χ1v) is 8.09. The van der Waals surface area contributed by atoms with Gasteiger partial charge in [-0.25, -0.2) is 4.99 Å². The number of benzene rings is 2. The highest BCUT2D eigenvalue weighted by atomic mass is 35.5. The van der Waals surface area contributed by atoms with E-state index in [1.807, 2.05) is 19.1 Å². The minimum atomic E-state index is -0.161. The molecule has 2 aromatic carbocycles. The highest BCUT2D eigenvalue weighted by Gasteiger charge is 2.19. The lowest BCUT2D eigenvalue weighted by atomic mass is 10.0. The van der Waals surface area contributed by atoms with E-state index in [4.69, 9.17) is 10.5 Å². The van der Waals surface area contributed by atoms with E-state index in [2.05, 4.69) is 53.6 Å². The van der Waals surface area contributed by atoms with E-state index in [0.29, 0.717) is 5.84 Å². The molecule has 3 N–H and O–H groups in total. The first-order valence-electron chi connectivity index (χ1n) is 8.09. The molecule has 0 saturated heterocycles. The second kappa shape index (κ2) is 13.1. The third-order valence-electron chi connectivity index (χ3n) is 4.16. The smallest absolute Gasteiger partial charge is 0.153 e. The molecule has 0 aromatic heterocycles. The zero-order valence-electron chi connectivity index (χ0n) is 15.3. The van der Waals surface area contributed by atoms with Gasteiger partial charge in [0.15, 0.2) is 6.10 Å². The minimum Gasteiger partial charge on any atom is -0.481 e. The first-order chi connectivity index (χ1) is 11.2. The van der Waals surface area contributed by atoms with Crippen LogP contribution in [0.1, 0.15) is 37.4 Å².